The van der Waals surface area contributed by atoms with Crippen LogP contribution in [-0.4, -0.2) is 25.6 Å². The minimum Gasteiger partial charge on any atom is -0.304 e. The molecule has 0 aromatic carbocycles. The molecule has 13 heavy (non-hydrogen) atoms. The third-order valence-electron chi connectivity index (χ3n) is 2.82. The topological polar surface area (TPSA) is 24.4 Å². The molecule has 1 radical (unpaired) electrons. The fraction of sp³-hybridized carbons (Fsp3) is 0.700. The van der Waals surface area contributed by atoms with Crippen LogP contribution in [0.25, 0.3) is 0 Å². The Bertz CT molecular complexity index is 268. The van der Waals surface area contributed by atoms with Crippen molar-refractivity contribution in [3.63, 3.8) is 0 Å². The summed E-state index contributed by atoms with van der Waals surface area (Å²) in [4.78, 5) is 4.69. The lowest BCUT2D eigenvalue weighted by Crippen LogP contribution is -2.28. The van der Waals surface area contributed by atoms with E-state index in [4.69, 9.17) is 4.99 Å². The van der Waals surface area contributed by atoms with E-state index in [-0.39, 0.29) is 0 Å². The van der Waals surface area contributed by atoms with E-state index in [1.54, 1.807) is 0 Å². The molecular weight excluding hydrogens is 159 g/mol. The van der Waals surface area contributed by atoms with E-state index in [1.165, 1.54) is 11.3 Å². The lowest BCUT2D eigenvalue weighted by Gasteiger charge is -2.24. The van der Waals surface area contributed by atoms with E-state index in [0.717, 1.165) is 6.44 Å². The van der Waals surface area contributed by atoms with Crippen molar-refractivity contribution in [3.05, 3.63) is 11.6 Å². The molecule has 0 spiro atoms. The van der Waals surface area contributed by atoms with Gasteiger partial charge in [0, 0.05) is 5.71 Å². The van der Waals surface area contributed by atoms with Crippen LogP contribution in [0.15, 0.2) is 16.6 Å². The van der Waals surface area contributed by atoms with Crippen molar-refractivity contribution >= 4 is 13.0 Å². The fourth-order valence-corrected chi connectivity index (χ4v) is 1.98. The highest BCUT2D eigenvalue weighted by atomic mass is 15.1. The molecule has 0 aromatic heterocycles. The van der Waals surface area contributed by atoms with E-state index in [1.807, 2.05) is 0 Å². The largest absolute Gasteiger partial charge is 0.304 e. The Morgan fingerprint density at radius 1 is 1.62 bits per heavy atom. The molecule has 2 nitrogen and oxygen atoms in total. The van der Waals surface area contributed by atoms with Gasteiger partial charge < -0.3 is 5.32 Å². The molecule has 0 aliphatic carbocycles. The number of nitrogens with zero attached hydrogens (tertiary/aromatic N) is 1. The Morgan fingerprint density at radius 2 is 2.38 bits per heavy atom. The number of rotatable bonds is 1. The van der Waals surface area contributed by atoms with Gasteiger partial charge in [0.15, 0.2) is 0 Å². The van der Waals surface area contributed by atoms with Crippen LogP contribution in [0.1, 0.15) is 20.8 Å². The number of dihydropyridines is 1. The number of hydrogen-bond donors (Lipinski definition) is 1. The summed E-state index contributed by atoms with van der Waals surface area (Å²) in [5.74, 6) is 1.08. The standard InChI is InChI=1S/C10H16BN2/c1-6(2)8-4-7(3)9-10(13-8)12-5-11-9/h4,6,9-10,12H,5H2,1-3H3. The first-order chi connectivity index (χ1) is 6.18. The average Bonchev–Trinajstić information content (AvgIpc) is 2.51. The van der Waals surface area contributed by atoms with E-state index in [2.05, 4.69) is 39.4 Å². The highest BCUT2D eigenvalue weighted by molar-refractivity contribution is 6.41. The number of aliphatic imine (C=N–C) groups is 1. The zero-order chi connectivity index (χ0) is 9.42. The maximum atomic E-state index is 4.69. The Labute approximate surface area is 80.8 Å². The second kappa shape index (κ2) is 3.30. The molecular formula is C10H16BN2. The molecule has 2 atom stereocenters. The van der Waals surface area contributed by atoms with Crippen LogP contribution in [0.4, 0.5) is 0 Å². The Kier molecular flexibility index (Phi) is 2.28. The van der Waals surface area contributed by atoms with Gasteiger partial charge in [0.2, 0.25) is 0 Å². The molecule has 2 unspecified atom stereocenters. The molecule has 1 fully saturated rings. The minimum atomic E-state index is 0.322. The second-order valence-corrected chi connectivity index (χ2v) is 4.21. The van der Waals surface area contributed by atoms with Crippen molar-refractivity contribution in [2.75, 3.05) is 6.44 Å². The van der Waals surface area contributed by atoms with E-state index >= 15 is 0 Å². The lowest BCUT2D eigenvalue weighted by molar-refractivity contribution is 0.594. The smallest absolute Gasteiger partial charge is 0.142 e. The molecule has 0 bridgehead atoms. The summed E-state index contributed by atoms with van der Waals surface area (Å²) in [6, 6.07) is 0. The van der Waals surface area contributed by atoms with Gasteiger partial charge in [0.25, 0.3) is 0 Å². The highest BCUT2D eigenvalue weighted by Crippen LogP contribution is 2.29. The van der Waals surface area contributed by atoms with Crippen LogP contribution in [0.2, 0.25) is 5.82 Å². The SMILES string of the molecule is CC1=CC(C(C)C)=NC2NC[B]C12. The van der Waals surface area contributed by atoms with Gasteiger partial charge >= 0.3 is 0 Å². The van der Waals surface area contributed by atoms with E-state index in [0.29, 0.717) is 17.9 Å². The molecule has 2 aliphatic heterocycles. The predicted molar refractivity (Wildman–Crippen MR) is 57.3 cm³/mol. The fourth-order valence-electron chi connectivity index (χ4n) is 1.98. The summed E-state index contributed by atoms with van der Waals surface area (Å²) in [5.41, 5.74) is 2.69. The maximum Gasteiger partial charge on any atom is 0.142 e. The van der Waals surface area contributed by atoms with Gasteiger partial charge in [-0.3, -0.25) is 4.99 Å². The zero-order valence-corrected chi connectivity index (χ0v) is 8.54. The monoisotopic (exact) mass is 175 g/mol. The van der Waals surface area contributed by atoms with Crippen LogP contribution in [0.3, 0.4) is 0 Å². The van der Waals surface area contributed by atoms with Gasteiger partial charge in [-0.2, -0.15) is 0 Å². The summed E-state index contributed by atoms with van der Waals surface area (Å²) >= 11 is 0. The zero-order valence-electron chi connectivity index (χ0n) is 8.54. The van der Waals surface area contributed by atoms with Gasteiger partial charge in [-0.05, 0) is 31.2 Å². The molecule has 2 heterocycles. The first kappa shape index (κ1) is 9.01. The van der Waals surface area contributed by atoms with Crippen LogP contribution < -0.4 is 5.32 Å². The molecule has 1 saturated heterocycles. The summed E-state index contributed by atoms with van der Waals surface area (Å²) in [5, 5.41) is 3.39. The van der Waals surface area contributed by atoms with Gasteiger partial charge in [-0.15, -0.1) is 0 Å². The lowest BCUT2D eigenvalue weighted by atomic mass is 9.63. The first-order valence-corrected chi connectivity index (χ1v) is 5.01. The second-order valence-electron chi connectivity index (χ2n) is 4.21. The van der Waals surface area contributed by atoms with Crippen molar-refractivity contribution in [2.24, 2.45) is 10.9 Å². The van der Waals surface area contributed by atoms with Crippen molar-refractivity contribution in [2.45, 2.75) is 32.8 Å². The number of hydrogen-bond acceptors (Lipinski definition) is 2. The van der Waals surface area contributed by atoms with Crippen LogP contribution in [0, 0.1) is 5.92 Å². The molecule has 0 aromatic rings. The summed E-state index contributed by atoms with van der Waals surface area (Å²) in [6.07, 6.45) is 3.56. The average molecular weight is 175 g/mol. The van der Waals surface area contributed by atoms with Crippen molar-refractivity contribution < 1.29 is 0 Å². The predicted octanol–water partition coefficient (Wildman–Crippen LogP) is 1.42. The number of nitrogens with one attached hydrogen (secondary N) is 1. The first-order valence-electron chi connectivity index (χ1n) is 5.01. The quantitative estimate of drug-likeness (QED) is 0.599. The van der Waals surface area contributed by atoms with Crippen molar-refractivity contribution in [3.8, 4) is 0 Å². The number of fused-ring (bicyclic) bond motifs is 1. The van der Waals surface area contributed by atoms with Crippen LogP contribution in [0.5, 0.6) is 0 Å². The summed E-state index contributed by atoms with van der Waals surface area (Å²) in [7, 11) is 2.32. The molecule has 1 N–H and O–H groups in total. The molecule has 3 heteroatoms. The normalized spacial score (nSPS) is 32.3. The van der Waals surface area contributed by atoms with Crippen molar-refractivity contribution in [1.82, 2.24) is 5.32 Å². The molecule has 69 valence electrons. The number of allylic oxidation sites excluding steroid dienone is 1. The Morgan fingerprint density at radius 3 is 3.08 bits per heavy atom. The van der Waals surface area contributed by atoms with Gasteiger partial charge in [0.05, 0.1) is 6.17 Å². The Hall–Kier alpha value is -0.565. The van der Waals surface area contributed by atoms with E-state index < -0.39 is 0 Å². The third-order valence-corrected chi connectivity index (χ3v) is 2.82. The maximum absolute atomic E-state index is 4.69. The summed E-state index contributed by atoms with van der Waals surface area (Å²) in [6.45, 7) is 6.60. The molecule has 0 amide bonds. The highest BCUT2D eigenvalue weighted by Gasteiger charge is 2.31. The molecule has 2 aliphatic rings. The van der Waals surface area contributed by atoms with Crippen LogP contribution >= 0.6 is 0 Å². The van der Waals surface area contributed by atoms with Crippen molar-refractivity contribution in [1.29, 1.82) is 0 Å². The van der Waals surface area contributed by atoms with Gasteiger partial charge in [-0.1, -0.05) is 19.4 Å². The molecule has 0 saturated carbocycles. The third kappa shape index (κ3) is 1.57. The van der Waals surface area contributed by atoms with Gasteiger partial charge in [0.1, 0.15) is 7.28 Å². The molecule has 2 rings (SSSR count). The Balaban J connectivity index is 2.25. The summed E-state index contributed by atoms with van der Waals surface area (Å²) < 4.78 is 0. The van der Waals surface area contributed by atoms with Gasteiger partial charge in [-0.25, -0.2) is 0 Å². The van der Waals surface area contributed by atoms with Crippen LogP contribution in [-0.2, 0) is 0 Å². The minimum absolute atomic E-state index is 0.322. The van der Waals surface area contributed by atoms with E-state index in [9.17, 15) is 0 Å².